The van der Waals surface area contributed by atoms with Gasteiger partial charge < -0.3 is 0 Å². The maximum atomic E-state index is 11.9. The molecule has 0 spiro atoms. The van der Waals surface area contributed by atoms with Crippen molar-refractivity contribution in [2.75, 3.05) is 5.75 Å². The van der Waals surface area contributed by atoms with Crippen LogP contribution in [0.25, 0.3) is 0 Å². The molecule has 0 aliphatic carbocycles. The summed E-state index contributed by atoms with van der Waals surface area (Å²) in [5, 5.41) is 0. The number of allylic oxidation sites excluding steroid dienone is 1. The Hall–Kier alpha value is -1.09. The van der Waals surface area contributed by atoms with E-state index in [4.69, 9.17) is 0 Å². The van der Waals surface area contributed by atoms with Crippen molar-refractivity contribution < 1.29 is 8.42 Å². The molecule has 1 aromatic carbocycles. The zero-order valence-electron chi connectivity index (χ0n) is 10.0. The Morgan fingerprint density at radius 1 is 1.25 bits per heavy atom. The fourth-order valence-corrected chi connectivity index (χ4v) is 2.49. The lowest BCUT2D eigenvalue weighted by Gasteiger charge is -2.02. The highest BCUT2D eigenvalue weighted by Gasteiger charge is 2.11. The van der Waals surface area contributed by atoms with E-state index in [0.717, 1.165) is 17.6 Å². The second kappa shape index (κ2) is 5.30. The van der Waals surface area contributed by atoms with Crippen LogP contribution in [0.1, 0.15) is 25.8 Å². The number of hydrogen-bond donors (Lipinski definition) is 0. The fourth-order valence-electron chi connectivity index (χ4n) is 1.24. The van der Waals surface area contributed by atoms with E-state index in [1.165, 1.54) is 0 Å². The van der Waals surface area contributed by atoms with E-state index < -0.39 is 9.84 Å². The van der Waals surface area contributed by atoms with E-state index in [1.807, 2.05) is 32.9 Å². The second-order valence-corrected chi connectivity index (χ2v) is 6.03. The van der Waals surface area contributed by atoms with Crippen molar-refractivity contribution in [1.82, 2.24) is 0 Å². The van der Waals surface area contributed by atoms with Gasteiger partial charge in [0.15, 0.2) is 9.84 Å². The molecule has 2 nitrogen and oxygen atoms in total. The van der Waals surface area contributed by atoms with Gasteiger partial charge in [-0.1, -0.05) is 36.3 Å². The number of hydrogen-bond acceptors (Lipinski definition) is 2. The Morgan fingerprint density at radius 2 is 1.81 bits per heavy atom. The van der Waals surface area contributed by atoms with Crippen LogP contribution in [0.4, 0.5) is 0 Å². The summed E-state index contributed by atoms with van der Waals surface area (Å²) in [4.78, 5) is 0.401. The first kappa shape index (κ1) is 13.0. The lowest BCUT2D eigenvalue weighted by Crippen LogP contribution is -2.05. The van der Waals surface area contributed by atoms with Gasteiger partial charge in [-0.25, -0.2) is 8.42 Å². The third-order valence-corrected chi connectivity index (χ3v) is 4.18. The van der Waals surface area contributed by atoms with E-state index >= 15 is 0 Å². The predicted octanol–water partition coefficient (Wildman–Crippen LogP) is 3.13. The van der Waals surface area contributed by atoms with Crippen molar-refractivity contribution in [3.05, 3.63) is 41.5 Å². The molecule has 1 rings (SSSR count). The van der Waals surface area contributed by atoms with Gasteiger partial charge >= 0.3 is 0 Å². The molecule has 0 saturated heterocycles. The van der Waals surface area contributed by atoms with Crippen LogP contribution >= 0.6 is 0 Å². The van der Waals surface area contributed by atoms with E-state index in [-0.39, 0.29) is 5.75 Å². The quantitative estimate of drug-likeness (QED) is 0.755. The summed E-state index contributed by atoms with van der Waals surface area (Å²) < 4.78 is 23.8. The Morgan fingerprint density at radius 3 is 2.31 bits per heavy atom. The molecule has 0 amide bonds. The summed E-state index contributed by atoms with van der Waals surface area (Å²) in [5.41, 5.74) is 2.18. The molecule has 0 aliphatic heterocycles. The smallest absolute Gasteiger partial charge is 0.181 e. The standard InChI is InChI=1S/C13H18O2S/c1-4-11(2)9-10-16(14,15)13-7-5-12(3)6-8-13/h5-9H,4,10H2,1-3H3/b11-9+. The molecule has 88 valence electrons. The number of sulfone groups is 1. The third kappa shape index (κ3) is 3.49. The molecule has 0 N–H and O–H groups in total. The molecule has 0 heterocycles. The van der Waals surface area contributed by atoms with E-state index in [0.29, 0.717) is 4.90 Å². The van der Waals surface area contributed by atoms with Gasteiger partial charge in [0.2, 0.25) is 0 Å². The highest BCUT2D eigenvalue weighted by atomic mass is 32.2. The lowest BCUT2D eigenvalue weighted by atomic mass is 10.2. The summed E-state index contributed by atoms with van der Waals surface area (Å²) >= 11 is 0. The van der Waals surface area contributed by atoms with Crippen LogP contribution in [0.3, 0.4) is 0 Å². The molecule has 0 bridgehead atoms. The molecule has 0 unspecified atom stereocenters. The molecule has 1 aromatic rings. The third-order valence-electron chi connectivity index (χ3n) is 2.59. The second-order valence-electron chi connectivity index (χ2n) is 4.00. The highest BCUT2D eigenvalue weighted by molar-refractivity contribution is 7.91. The fraction of sp³-hybridized carbons (Fsp3) is 0.385. The summed E-state index contributed by atoms with van der Waals surface area (Å²) in [5.74, 6) is 0.0930. The molecule has 0 radical (unpaired) electrons. The normalized spacial score (nSPS) is 12.8. The van der Waals surface area contributed by atoms with Crippen molar-refractivity contribution in [2.24, 2.45) is 0 Å². The number of rotatable bonds is 4. The molecule has 16 heavy (non-hydrogen) atoms. The van der Waals surface area contributed by atoms with Crippen molar-refractivity contribution >= 4 is 9.84 Å². The highest BCUT2D eigenvalue weighted by Crippen LogP contribution is 2.13. The largest absolute Gasteiger partial charge is 0.223 e. The molecule has 0 aliphatic rings. The van der Waals surface area contributed by atoms with Crippen molar-refractivity contribution in [3.63, 3.8) is 0 Å². The SMILES string of the molecule is CC/C(C)=C/CS(=O)(=O)c1ccc(C)cc1. The monoisotopic (exact) mass is 238 g/mol. The van der Waals surface area contributed by atoms with Gasteiger partial charge in [-0.3, -0.25) is 0 Å². The first-order valence-electron chi connectivity index (χ1n) is 5.41. The maximum absolute atomic E-state index is 11.9. The number of aryl methyl sites for hydroxylation is 1. The zero-order valence-corrected chi connectivity index (χ0v) is 10.8. The average Bonchev–Trinajstić information content (AvgIpc) is 2.26. The first-order valence-corrected chi connectivity index (χ1v) is 7.06. The van der Waals surface area contributed by atoms with Crippen LogP contribution < -0.4 is 0 Å². The minimum atomic E-state index is -3.16. The summed E-state index contributed by atoms with van der Waals surface area (Å²) in [7, 11) is -3.16. The van der Waals surface area contributed by atoms with E-state index in [2.05, 4.69) is 0 Å². The minimum absolute atomic E-state index is 0.0930. The molecule has 3 heteroatoms. The van der Waals surface area contributed by atoms with Crippen LogP contribution in [0.2, 0.25) is 0 Å². The van der Waals surface area contributed by atoms with Gasteiger partial charge in [-0.05, 0) is 32.4 Å². The zero-order chi connectivity index (χ0) is 12.2. The molecular weight excluding hydrogens is 220 g/mol. The number of benzene rings is 1. The van der Waals surface area contributed by atoms with Gasteiger partial charge in [-0.2, -0.15) is 0 Å². The topological polar surface area (TPSA) is 34.1 Å². The minimum Gasteiger partial charge on any atom is -0.223 e. The van der Waals surface area contributed by atoms with Gasteiger partial charge in [-0.15, -0.1) is 0 Å². The Balaban J connectivity index is 2.91. The maximum Gasteiger partial charge on any atom is 0.181 e. The molecule has 0 aromatic heterocycles. The Bertz CT molecular complexity index is 467. The van der Waals surface area contributed by atoms with Gasteiger partial charge in [0.25, 0.3) is 0 Å². The molecule has 0 fully saturated rings. The Labute approximate surface area is 97.9 Å². The van der Waals surface area contributed by atoms with Crippen LogP contribution in [0, 0.1) is 6.92 Å². The summed E-state index contributed by atoms with van der Waals surface area (Å²) in [6.45, 7) is 5.91. The summed E-state index contributed by atoms with van der Waals surface area (Å²) in [6, 6.07) is 6.98. The van der Waals surface area contributed by atoms with Crippen molar-refractivity contribution in [1.29, 1.82) is 0 Å². The first-order chi connectivity index (χ1) is 7.45. The van der Waals surface area contributed by atoms with E-state index in [9.17, 15) is 8.42 Å². The molecular formula is C13H18O2S. The van der Waals surface area contributed by atoms with Crippen molar-refractivity contribution in [3.8, 4) is 0 Å². The average molecular weight is 238 g/mol. The molecule has 0 saturated carbocycles. The van der Waals surface area contributed by atoms with Gasteiger partial charge in [0.05, 0.1) is 10.6 Å². The van der Waals surface area contributed by atoms with Crippen molar-refractivity contribution in [2.45, 2.75) is 32.1 Å². The van der Waals surface area contributed by atoms with Gasteiger partial charge in [0.1, 0.15) is 0 Å². The van der Waals surface area contributed by atoms with Crippen LogP contribution in [0.15, 0.2) is 40.8 Å². The molecule has 0 atom stereocenters. The van der Waals surface area contributed by atoms with Crippen LogP contribution in [-0.2, 0) is 9.84 Å². The van der Waals surface area contributed by atoms with Gasteiger partial charge in [0, 0.05) is 0 Å². The predicted molar refractivity (Wildman–Crippen MR) is 67.3 cm³/mol. The van der Waals surface area contributed by atoms with E-state index in [1.54, 1.807) is 18.2 Å². The van der Waals surface area contributed by atoms with Crippen LogP contribution in [-0.4, -0.2) is 14.2 Å². The van der Waals surface area contributed by atoms with Crippen LogP contribution in [0.5, 0.6) is 0 Å². The lowest BCUT2D eigenvalue weighted by molar-refractivity contribution is 0.599. The Kier molecular flexibility index (Phi) is 4.30. The summed E-state index contributed by atoms with van der Waals surface area (Å²) in [6.07, 6.45) is 2.68.